The molecule has 0 aromatic heterocycles. The quantitative estimate of drug-likeness (QED) is 0.0309. The lowest BCUT2D eigenvalue weighted by Crippen LogP contribution is -2.53. The second kappa shape index (κ2) is 50.3. The minimum Gasteiger partial charge on any atom is -0.394 e. The van der Waals surface area contributed by atoms with Crippen LogP contribution in [0.5, 0.6) is 0 Å². The Hall–Kier alpha value is -1.73. The highest BCUT2D eigenvalue weighted by atomic mass is 16.3. The third-order valence-electron chi connectivity index (χ3n) is 12.5. The van der Waals surface area contributed by atoms with Crippen molar-refractivity contribution in [3.8, 4) is 0 Å². The van der Waals surface area contributed by atoms with Gasteiger partial charge in [0, 0.05) is 0 Å². The van der Waals surface area contributed by atoms with Crippen LogP contribution in [0.15, 0.2) is 48.6 Å². The van der Waals surface area contributed by atoms with E-state index in [9.17, 15) is 25.2 Å². The average molecular weight is 872 g/mol. The normalized spacial score (nSPS) is 14.2. The van der Waals surface area contributed by atoms with Gasteiger partial charge >= 0.3 is 0 Å². The van der Waals surface area contributed by atoms with E-state index in [4.69, 9.17) is 0 Å². The SMILES string of the molecule is CCCCCCCCCCC/C=C\C/C=C\CCCCCCCCC(O)C(=O)NC(CO)C(O)C(O)CCC/C=C/CC/C=C/CCCCCCCCCCCCCCCCC. The molecule has 0 bridgehead atoms. The molecule has 0 saturated heterocycles. The maximum atomic E-state index is 12.6. The molecule has 0 heterocycles. The molecule has 0 saturated carbocycles. The highest BCUT2D eigenvalue weighted by Gasteiger charge is 2.28. The summed E-state index contributed by atoms with van der Waals surface area (Å²) in [6.45, 7) is 4.06. The van der Waals surface area contributed by atoms with E-state index >= 15 is 0 Å². The van der Waals surface area contributed by atoms with Gasteiger partial charge < -0.3 is 25.7 Å². The highest BCUT2D eigenvalue weighted by Crippen LogP contribution is 2.16. The first kappa shape index (κ1) is 60.3. The third kappa shape index (κ3) is 43.5. The number of amides is 1. The van der Waals surface area contributed by atoms with Gasteiger partial charge in [-0.2, -0.15) is 0 Å². The van der Waals surface area contributed by atoms with E-state index in [0.717, 1.165) is 57.8 Å². The molecule has 6 heteroatoms. The van der Waals surface area contributed by atoms with Crippen LogP contribution in [0.4, 0.5) is 0 Å². The van der Waals surface area contributed by atoms with Crippen molar-refractivity contribution in [2.24, 2.45) is 0 Å². The zero-order valence-electron chi connectivity index (χ0n) is 41.1. The largest absolute Gasteiger partial charge is 0.394 e. The van der Waals surface area contributed by atoms with E-state index in [1.165, 1.54) is 180 Å². The summed E-state index contributed by atoms with van der Waals surface area (Å²) in [6, 6.07) is -1.02. The van der Waals surface area contributed by atoms with Gasteiger partial charge in [-0.15, -0.1) is 0 Å². The Morgan fingerprint density at radius 2 is 0.726 bits per heavy atom. The van der Waals surface area contributed by atoms with Crippen molar-refractivity contribution in [1.82, 2.24) is 5.32 Å². The van der Waals surface area contributed by atoms with E-state index in [1.807, 2.05) is 0 Å². The molecular weight excluding hydrogens is 767 g/mol. The summed E-state index contributed by atoms with van der Waals surface area (Å²) in [5.41, 5.74) is 0. The van der Waals surface area contributed by atoms with Crippen molar-refractivity contribution in [2.75, 3.05) is 6.61 Å². The van der Waals surface area contributed by atoms with Crippen molar-refractivity contribution in [3.63, 3.8) is 0 Å². The fourth-order valence-corrected chi connectivity index (χ4v) is 8.22. The number of carbonyl (C=O) groups is 1. The van der Waals surface area contributed by atoms with Crippen molar-refractivity contribution in [2.45, 2.75) is 295 Å². The maximum absolute atomic E-state index is 12.6. The summed E-state index contributed by atoms with van der Waals surface area (Å²) in [4.78, 5) is 12.6. The van der Waals surface area contributed by atoms with Crippen molar-refractivity contribution < 1.29 is 25.2 Å². The van der Waals surface area contributed by atoms with Crippen molar-refractivity contribution in [1.29, 1.82) is 0 Å². The molecule has 62 heavy (non-hydrogen) atoms. The average Bonchev–Trinajstić information content (AvgIpc) is 3.28. The van der Waals surface area contributed by atoms with Gasteiger partial charge in [0.15, 0.2) is 0 Å². The molecular formula is C56H105NO5. The molecule has 0 aliphatic rings. The molecule has 0 radical (unpaired) electrons. The molecule has 0 fully saturated rings. The standard InChI is InChI=1S/C56H105NO5/c1-3-5-7-9-11-13-15-17-19-21-23-25-27-28-30-31-33-35-37-39-41-43-45-47-49-53(59)55(61)52(51-58)57-56(62)54(60)50-48-46-44-42-40-38-36-34-32-29-26-24-22-20-18-16-14-12-10-8-6-4-2/h24,26,32-35,41,43,52-55,58-61H,3-23,25,27-31,36-40,42,44-51H2,1-2H3,(H,57,62)/b26-24-,34-32-,35-33+,43-41+. The van der Waals surface area contributed by atoms with Crippen LogP contribution in [0.3, 0.4) is 0 Å². The fourth-order valence-electron chi connectivity index (χ4n) is 8.22. The lowest BCUT2D eigenvalue weighted by atomic mass is 10.00. The molecule has 0 aliphatic carbocycles. The monoisotopic (exact) mass is 872 g/mol. The zero-order valence-corrected chi connectivity index (χ0v) is 41.1. The van der Waals surface area contributed by atoms with Crippen molar-refractivity contribution in [3.05, 3.63) is 48.6 Å². The third-order valence-corrected chi connectivity index (χ3v) is 12.5. The number of aliphatic hydroxyl groups excluding tert-OH is 4. The molecule has 6 nitrogen and oxygen atoms in total. The molecule has 5 N–H and O–H groups in total. The first-order valence-corrected chi connectivity index (χ1v) is 27.0. The first-order valence-electron chi connectivity index (χ1n) is 27.0. The summed E-state index contributed by atoms with van der Waals surface area (Å²) in [6.07, 6.45) is 63.1. The van der Waals surface area contributed by atoms with Crippen molar-refractivity contribution >= 4 is 5.91 Å². The van der Waals surface area contributed by atoms with E-state index in [1.54, 1.807) is 0 Å². The number of hydrogen-bond acceptors (Lipinski definition) is 5. The smallest absolute Gasteiger partial charge is 0.249 e. The second-order valence-corrected chi connectivity index (χ2v) is 18.6. The lowest BCUT2D eigenvalue weighted by Gasteiger charge is -2.27. The van der Waals surface area contributed by atoms with Gasteiger partial charge in [0.05, 0.1) is 18.8 Å². The minimum absolute atomic E-state index is 0.347. The highest BCUT2D eigenvalue weighted by molar-refractivity contribution is 5.80. The Kier molecular flexibility index (Phi) is 48.9. The fraction of sp³-hybridized carbons (Fsp3) is 0.839. The summed E-state index contributed by atoms with van der Waals surface area (Å²) >= 11 is 0. The van der Waals surface area contributed by atoms with Gasteiger partial charge in [-0.1, -0.05) is 236 Å². The first-order chi connectivity index (χ1) is 30.5. The predicted molar refractivity (Wildman–Crippen MR) is 270 cm³/mol. The minimum atomic E-state index is -1.30. The zero-order chi connectivity index (χ0) is 45.2. The van der Waals surface area contributed by atoms with Crippen LogP contribution in [-0.4, -0.2) is 57.3 Å². The Labute approximate surface area is 385 Å². The van der Waals surface area contributed by atoms with Crippen LogP contribution < -0.4 is 5.32 Å². The van der Waals surface area contributed by atoms with Gasteiger partial charge in [0.25, 0.3) is 0 Å². The predicted octanol–water partition coefficient (Wildman–Crippen LogP) is 15.4. The molecule has 0 aromatic carbocycles. The van der Waals surface area contributed by atoms with Crippen LogP contribution in [0.1, 0.15) is 271 Å². The van der Waals surface area contributed by atoms with E-state index in [2.05, 4.69) is 67.8 Å². The molecule has 4 unspecified atom stereocenters. The summed E-state index contributed by atoms with van der Waals surface area (Å²) in [7, 11) is 0. The van der Waals surface area contributed by atoms with Gasteiger partial charge in [0.2, 0.25) is 5.91 Å². The molecule has 4 atom stereocenters. The van der Waals surface area contributed by atoms with Crippen LogP contribution in [0.2, 0.25) is 0 Å². The topological polar surface area (TPSA) is 110 Å². The van der Waals surface area contributed by atoms with E-state index in [-0.39, 0.29) is 0 Å². The number of unbranched alkanes of at least 4 members (excludes halogenated alkanes) is 32. The van der Waals surface area contributed by atoms with Crippen LogP contribution in [0.25, 0.3) is 0 Å². The Balaban J connectivity index is 3.75. The molecule has 364 valence electrons. The Morgan fingerprint density at radius 3 is 1.11 bits per heavy atom. The van der Waals surface area contributed by atoms with Gasteiger partial charge in [-0.3, -0.25) is 4.79 Å². The molecule has 1 amide bonds. The van der Waals surface area contributed by atoms with Crippen LogP contribution in [-0.2, 0) is 4.79 Å². The van der Waals surface area contributed by atoms with Crippen LogP contribution in [0, 0.1) is 0 Å². The second-order valence-electron chi connectivity index (χ2n) is 18.6. The molecule has 0 rings (SSSR count). The number of aliphatic hydroxyl groups is 4. The van der Waals surface area contributed by atoms with E-state index in [0.29, 0.717) is 19.3 Å². The number of carbonyl (C=O) groups excluding carboxylic acids is 1. The lowest BCUT2D eigenvalue weighted by molar-refractivity contribution is -0.132. The van der Waals surface area contributed by atoms with E-state index < -0.39 is 36.9 Å². The summed E-state index contributed by atoms with van der Waals surface area (Å²) in [5.74, 6) is -0.604. The Bertz CT molecular complexity index is 1020. The molecule has 0 spiro atoms. The molecule has 0 aromatic rings. The van der Waals surface area contributed by atoms with Crippen LogP contribution >= 0.6 is 0 Å². The summed E-state index contributed by atoms with van der Waals surface area (Å²) < 4.78 is 0. The number of allylic oxidation sites excluding steroid dienone is 8. The van der Waals surface area contributed by atoms with Gasteiger partial charge in [0.1, 0.15) is 12.2 Å². The number of nitrogens with one attached hydrogen (secondary N) is 1. The summed E-state index contributed by atoms with van der Waals surface area (Å²) in [5, 5.41) is 43.9. The number of hydrogen-bond donors (Lipinski definition) is 5. The van der Waals surface area contributed by atoms with Gasteiger partial charge in [-0.05, 0) is 83.5 Å². The maximum Gasteiger partial charge on any atom is 0.249 e. The Morgan fingerprint density at radius 1 is 0.403 bits per heavy atom. The van der Waals surface area contributed by atoms with Gasteiger partial charge in [-0.25, -0.2) is 0 Å². The number of rotatable bonds is 49. The molecule has 0 aliphatic heterocycles.